The van der Waals surface area contributed by atoms with E-state index in [0.29, 0.717) is 31.3 Å². The summed E-state index contributed by atoms with van der Waals surface area (Å²) in [6.07, 6.45) is 0.288. The second kappa shape index (κ2) is 6.57. The van der Waals surface area contributed by atoms with E-state index in [9.17, 15) is 0 Å². The smallest absolute Gasteiger partial charge is 0.229 e. The van der Waals surface area contributed by atoms with Crippen LogP contribution in [0.4, 0.5) is 0 Å². The van der Waals surface area contributed by atoms with Gasteiger partial charge in [-0.2, -0.15) is 4.98 Å². The van der Waals surface area contributed by atoms with Gasteiger partial charge in [0.1, 0.15) is 6.10 Å². The topological polar surface area (TPSA) is 83.4 Å². The van der Waals surface area contributed by atoms with Gasteiger partial charge in [-0.3, -0.25) is 0 Å². The number of nitrogens with zero attached hydrogens (tertiary/aromatic N) is 2. The number of methoxy groups -OCH3 is 1. The van der Waals surface area contributed by atoms with Gasteiger partial charge in [-0.05, 0) is 13.8 Å². The van der Waals surface area contributed by atoms with Crippen LogP contribution < -0.4 is 5.73 Å². The minimum absolute atomic E-state index is 0.0873. The molecule has 0 aliphatic heterocycles. The van der Waals surface area contributed by atoms with Gasteiger partial charge in [0.15, 0.2) is 5.82 Å². The van der Waals surface area contributed by atoms with Gasteiger partial charge < -0.3 is 19.7 Å². The first-order chi connectivity index (χ1) is 7.71. The summed E-state index contributed by atoms with van der Waals surface area (Å²) in [6.45, 7) is 4.85. The fourth-order valence-electron chi connectivity index (χ4n) is 1.30. The van der Waals surface area contributed by atoms with E-state index in [-0.39, 0.29) is 12.2 Å². The predicted octanol–water partition coefficient (Wildman–Crippen LogP) is 0.683. The Morgan fingerprint density at radius 1 is 1.50 bits per heavy atom. The van der Waals surface area contributed by atoms with Crippen LogP contribution in [0.1, 0.15) is 31.7 Å². The summed E-state index contributed by atoms with van der Waals surface area (Å²) < 4.78 is 15.6. The summed E-state index contributed by atoms with van der Waals surface area (Å²) in [6, 6.07) is 0. The fourth-order valence-corrected chi connectivity index (χ4v) is 1.30. The average molecular weight is 229 g/mol. The zero-order valence-corrected chi connectivity index (χ0v) is 9.97. The number of ether oxygens (including phenoxy) is 2. The Morgan fingerprint density at radius 2 is 2.25 bits per heavy atom. The summed E-state index contributed by atoms with van der Waals surface area (Å²) in [5.74, 6) is 1.09. The number of hydrogen-bond acceptors (Lipinski definition) is 6. The van der Waals surface area contributed by atoms with E-state index in [1.54, 1.807) is 7.11 Å². The van der Waals surface area contributed by atoms with Crippen molar-refractivity contribution in [2.45, 2.75) is 32.5 Å². The van der Waals surface area contributed by atoms with Gasteiger partial charge in [0.05, 0.1) is 12.5 Å². The highest BCUT2D eigenvalue weighted by Crippen LogP contribution is 2.13. The van der Waals surface area contributed by atoms with Crippen molar-refractivity contribution < 1.29 is 14.0 Å². The van der Waals surface area contributed by atoms with E-state index in [1.165, 1.54) is 0 Å². The highest BCUT2D eigenvalue weighted by atomic mass is 16.5. The molecule has 2 unspecified atom stereocenters. The van der Waals surface area contributed by atoms with E-state index >= 15 is 0 Å². The van der Waals surface area contributed by atoms with Crippen LogP contribution in [0.3, 0.4) is 0 Å². The van der Waals surface area contributed by atoms with Gasteiger partial charge in [-0.1, -0.05) is 5.16 Å². The quantitative estimate of drug-likeness (QED) is 0.740. The number of aromatic nitrogens is 2. The van der Waals surface area contributed by atoms with E-state index in [1.807, 2.05) is 13.8 Å². The van der Waals surface area contributed by atoms with Crippen molar-refractivity contribution in [3.8, 4) is 0 Å². The van der Waals surface area contributed by atoms with Gasteiger partial charge in [-0.15, -0.1) is 0 Å². The van der Waals surface area contributed by atoms with Crippen molar-refractivity contribution in [2.75, 3.05) is 20.3 Å². The minimum Gasteiger partial charge on any atom is -0.380 e. The molecule has 0 aromatic carbocycles. The van der Waals surface area contributed by atoms with Crippen molar-refractivity contribution in [2.24, 2.45) is 5.73 Å². The molecule has 16 heavy (non-hydrogen) atoms. The van der Waals surface area contributed by atoms with Crippen molar-refractivity contribution in [1.29, 1.82) is 0 Å². The molecule has 0 saturated carbocycles. The molecule has 0 bridgehead atoms. The third-order valence-corrected chi connectivity index (χ3v) is 2.26. The van der Waals surface area contributed by atoms with E-state index < -0.39 is 0 Å². The van der Waals surface area contributed by atoms with Crippen molar-refractivity contribution in [3.05, 3.63) is 11.7 Å². The molecule has 2 atom stereocenters. The predicted molar refractivity (Wildman–Crippen MR) is 57.9 cm³/mol. The molecule has 0 radical (unpaired) electrons. The third kappa shape index (κ3) is 3.55. The van der Waals surface area contributed by atoms with Crippen molar-refractivity contribution >= 4 is 0 Å². The molecule has 0 aliphatic rings. The molecule has 1 heterocycles. The van der Waals surface area contributed by atoms with Crippen LogP contribution in [-0.2, 0) is 15.9 Å². The molecule has 2 N–H and O–H groups in total. The monoisotopic (exact) mass is 229 g/mol. The number of hydrogen-bond donors (Lipinski definition) is 1. The Labute approximate surface area is 95.1 Å². The van der Waals surface area contributed by atoms with Crippen molar-refractivity contribution in [3.63, 3.8) is 0 Å². The van der Waals surface area contributed by atoms with Crippen LogP contribution in [0.5, 0.6) is 0 Å². The van der Waals surface area contributed by atoms with E-state index in [0.717, 1.165) is 0 Å². The van der Waals surface area contributed by atoms with Crippen molar-refractivity contribution in [1.82, 2.24) is 10.1 Å². The van der Waals surface area contributed by atoms with Gasteiger partial charge in [0, 0.05) is 20.3 Å². The molecule has 6 nitrogen and oxygen atoms in total. The van der Waals surface area contributed by atoms with E-state index in [4.69, 9.17) is 19.7 Å². The zero-order valence-electron chi connectivity index (χ0n) is 9.97. The lowest BCUT2D eigenvalue weighted by Crippen LogP contribution is -2.24. The highest BCUT2D eigenvalue weighted by Gasteiger charge is 2.16. The van der Waals surface area contributed by atoms with Gasteiger partial charge >= 0.3 is 0 Å². The van der Waals surface area contributed by atoms with Gasteiger partial charge in [0.25, 0.3) is 0 Å². The summed E-state index contributed by atoms with van der Waals surface area (Å²) >= 11 is 0. The second-order valence-electron chi connectivity index (χ2n) is 3.44. The molecule has 0 spiro atoms. The fraction of sp³-hybridized carbons (Fsp3) is 0.800. The second-order valence-corrected chi connectivity index (χ2v) is 3.44. The molecule has 6 heteroatoms. The molecule has 0 aliphatic carbocycles. The molecular weight excluding hydrogens is 210 g/mol. The summed E-state index contributed by atoms with van der Waals surface area (Å²) in [5.41, 5.74) is 5.51. The van der Waals surface area contributed by atoms with Crippen LogP contribution in [0, 0.1) is 0 Å². The standard InChI is InChI=1S/C10H19N3O3/c1-4-15-7(2)10-12-9(16-13-10)5-8(6-11)14-3/h7-8H,4-6,11H2,1-3H3. The van der Waals surface area contributed by atoms with Crippen LogP contribution in [0.15, 0.2) is 4.52 Å². The average Bonchev–Trinajstić information content (AvgIpc) is 2.74. The summed E-state index contributed by atoms with van der Waals surface area (Å²) in [4.78, 5) is 4.23. The summed E-state index contributed by atoms with van der Waals surface area (Å²) in [7, 11) is 1.61. The zero-order chi connectivity index (χ0) is 12.0. The normalized spacial score (nSPS) is 15.0. The largest absolute Gasteiger partial charge is 0.380 e. The molecule has 92 valence electrons. The molecule has 1 aromatic heterocycles. The molecule has 0 amide bonds. The summed E-state index contributed by atoms with van der Waals surface area (Å²) in [5, 5.41) is 3.85. The Balaban J connectivity index is 2.57. The van der Waals surface area contributed by atoms with Crippen LogP contribution in [0.2, 0.25) is 0 Å². The first-order valence-corrected chi connectivity index (χ1v) is 5.38. The number of rotatable bonds is 7. The molecular formula is C10H19N3O3. The maximum absolute atomic E-state index is 5.51. The van der Waals surface area contributed by atoms with Crippen LogP contribution >= 0.6 is 0 Å². The molecule has 0 saturated heterocycles. The first kappa shape index (κ1) is 13.1. The Bertz CT molecular complexity index is 299. The third-order valence-electron chi connectivity index (χ3n) is 2.26. The lowest BCUT2D eigenvalue weighted by molar-refractivity contribution is 0.0683. The van der Waals surface area contributed by atoms with Gasteiger partial charge in [-0.25, -0.2) is 0 Å². The highest BCUT2D eigenvalue weighted by molar-refractivity contribution is 4.91. The first-order valence-electron chi connectivity index (χ1n) is 5.38. The SMILES string of the molecule is CCOC(C)c1noc(CC(CN)OC)n1. The Hall–Kier alpha value is -0.980. The maximum atomic E-state index is 5.51. The molecule has 1 rings (SSSR count). The lowest BCUT2D eigenvalue weighted by Gasteiger charge is -2.08. The van der Waals surface area contributed by atoms with E-state index in [2.05, 4.69) is 10.1 Å². The van der Waals surface area contributed by atoms with Crippen LogP contribution in [0.25, 0.3) is 0 Å². The molecule has 0 fully saturated rings. The number of nitrogens with two attached hydrogens (primary N) is 1. The Morgan fingerprint density at radius 3 is 2.81 bits per heavy atom. The van der Waals surface area contributed by atoms with Crippen LogP contribution in [-0.4, -0.2) is 36.5 Å². The lowest BCUT2D eigenvalue weighted by atomic mass is 10.2. The Kier molecular flexibility index (Phi) is 5.37. The molecule has 1 aromatic rings. The minimum atomic E-state index is -0.152. The maximum Gasteiger partial charge on any atom is 0.229 e. The van der Waals surface area contributed by atoms with Gasteiger partial charge in [0.2, 0.25) is 5.89 Å².